The molecule has 2 nitrogen and oxygen atoms in total. The zero-order valence-electron chi connectivity index (χ0n) is 15.6. The van der Waals surface area contributed by atoms with Gasteiger partial charge < -0.3 is 4.74 Å². The predicted molar refractivity (Wildman–Crippen MR) is 99.5 cm³/mol. The Morgan fingerprint density at radius 2 is 1.78 bits per heavy atom. The summed E-state index contributed by atoms with van der Waals surface area (Å²) in [6.45, 7) is 13.5. The molecule has 0 fully saturated rings. The van der Waals surface area contributed by atoms with Crippen LogP contribution in [0.3, 0.4) is 0 Å². The Morgan fingerprint density at radius 1 is 1.17 bits per heavy atom. The standard InChI is InChI=1S/C19H28O2.C2H6/c1-5-6-7-11-14-17(18(20)21-19(2,3)4)15-16-12-9-8-10-13-16;1-2/h5,8-10,12-13,17H,1,6-7,11,14-15H2,2-4H3;1-2H3. The molecule has 0 spiro atoms. The molecule has 0 amide bonds. The minimum Gasteiger partial charge on any atom is -0.460 e. The second kappa shape index (κ2) is 11.9. The van der Waals surface area contributed by atoms with Crippen LogP contribution >= 0.6 is 0 Å². The summed E-state index contributed by atoms with van der Waals surface area (Å²) in [6, 6.07) is 10.2. The summed E-state index contributed by atoms with van der Waals surface area (Å²) in [5.74, 6) is -0.138. The highest BCUT2D eigenvalue weighted by Crippen LogP contribution is 2.20. The van der Waals surface area contributed by atoms with Crippen molar-refractivity contribution in [3.8, 4) is 0 Å². The second-order valence-electron chi connectivity index (χ2n) is 6.49. The van der Waals surface area contributed by atoms with Gasteiger partial charge in [0.25, 0.3) is 0 Å². The second-order valence-corrected chi connectivity index (χ2v) is 6.49. The summed E-state index contributed by atoms with van der Waals surface area (Å²) in [5, 5.41) is 0. The topological polar surface area (TPSA) is 26.3 Å². The van der Waals surface area contributed by atoms with Gasteiger partial charge in [-0.2, -0.15) is 0 Å². The van der Waals surface area contributed by atoms with Crippen LogP contribution in [-0.2, 0) is 16.0 Å². The highest BCUT2D eigenvalue weighted by Gasteiger charge is 2.25. The van der Waals surface area contributed by atoms with Crippen LogP contribution in [-0.4, -0.2) is 11.6 Å². The van der Waals surface area contributed by atoms with Gasteiger partial charge in [0, 0.05) is 0 Å². The third-order valence-electron chi connectivity index (χ3n) is 3.28. The summed E-state index contributed by atoms with van der Waals surface area (Å²) in [7, 11) is 0. The maximum Gasteiger partial charge on any atom is 0.309 e. The molecular weight excluding hydrogens is 284 g/mol. The van der Waals surface area contributed by atoms with Crippen LogP contribution < -0.4 is 0 Å². The average molecular weight is 319 g/mol. The van der Waals surface area contributed by atoms with Gasteiger partial charge in [-0.15, -0.1) is 6.58 Å². The highest BCUT2D eigenvalue weighted by molar-refractivity contribution is 5.73. The monoisotopic (exact) mass is 318 g/mol. The molecule has 0 aromatic heterocycles. The first-order valence-electron chi connectivity index (χ1n) is 8.80. The Bertz CT molecular complexity index is 429. The SMILES string of the molecule is C=CCCCCC(Cc1ccccc1)C(=O)OC(C)(C)C.CC. The maximum absolute atomic E-state index is 12.4. The normalized spacial score (nSPS) is 11.9. The van der Waals surface area contributed by atoms with Crippen molar-refractivity contribution in [1.29, 1.82) is 0 Å². The number of hydrogen-bond acceptors (Lipinski definition) is 2. The molecule has 2 heteroatoms. The van der Waals surface area contributed by atoms with E-state index in [0.717, 1.165) is 32.1 Å². The zero-order valence-corrected chi connectivity index (χ0v) is 15.6. The molecule has 0 bridgehead atoms. The van der Waals surface area contributed by atoms with Crippen molar-refractivity contribution in [3.63, 3.8) is 0 Å². The zero-order chi connectivity index (χ0) is 17.7. The average Bonchev–Trinajstić information content (AvgIpc) is 2.51. The molecule has 1 aromatic rings. The molecule has 1 rings (SSSR count). The largest absolute Gasteiger partial charge is 0.460 e. The number of rotatable bonds is 8. The Labute approximate surface area is 142 Å². The van der Waals surface area contributed by atoms with Crippen molar-refractivity contribution in [2.24, 2.45) is 5.92 Å². The molecule has 23 heavy (non-hydrogen) atoms. The summed E-state index contributed by atoms with van der Waals surface area (Å²) in [6.07, 6.45) is 6.67. The molecule has 0 heterocycles. The molecule has 1 aromatic carbocycles. The minimum absolute atomic E-state index is 0.0589. The van der Waals surface area contributed by atoms with Gasteiger partial charge in [-0.25, -0.2) is 0 Å². The van der Waals surface area contributed by atoms with Crippen LogP contribution in [0.15, 0.2) is 43.0 Å². The number of ether oxygens (including phenoxy) is 1. The van der Waals surface area contributed by atoms with Crippen molar-refractivity contribution in [3.05, 3.63) is 48.6 Å². The third-order valence-corrected chi connectivity index (χ3v) is 3.28. The minimum atomic E-state index is -0.423. The van der Waals surface area contributed by atoms with E-state index in [1.807, 2.05) is 58.9 Å². The van der Waals surface area contributed by atoms with Crippen LogP contribution in [0.5, 0.6) is 0 Å². The molecule has 0 saturated heterocycles. The summed E-state index contributed by atoms with van der Waals surface area (Å²) in [5.41, 5.74) is 0.768. The van der Waals surface area contributed by atoms with Crippen molar-refractivity contribution >= 4 is 5.97 Å². The van der Waals surface area contributed by atoms with Gasteiger partial charge in [-0.05, 0) is 52.0 Å². The lowest BCUT2D eigenvalue weighted by atomic mass is 9.93. The number of esters is 1. The maximum atomic E-state index is 12.4. The van der Waals surface area contributed by atoms with Crippen LogP contribution in [0.1, 0.15) is 65.9 Å². The van der Waals surface area contributed by atoms with Crippen LogP contribution in [0, 0.1) is 5.92 Å². The van der Waals surface area contributed by atoms with E-state index in [2.05, 4.69) is 18.7 Å². The van der Waals surface area contributed by atoms with Gasteiger partial charge in [0.05, 0.1) is 5.92 Å². The summed E-state index contributed by atoms with van der Waals surface area (Å²) >= 11 is 0. The number of hydrogen-bond donors (Lipinski definition) is 0. The molecule has 0 aliphatic rings. The molecular formula is C21H34O2. The van der Waals surface area contributed by atoms with E-state index in [4.69, 9.17) is 4.74 Å². The van der Waals surface area contributed by atoms with Gasteiger partial charge >= 0.3 is 5.97 Å². The number of allylic oxidation sites excluding steroid dienone is 1. The van der Waals surface area contributed by atoms with E-state index in [1.165, 1.54) is 5.56 Å². The molecule has 0 radical (unpaired) electrons. The van der Waals surface area contributed by atoms with E-state index in [9.17, 15) is 4.79 Å². The Hall–Kier alpha value is -1.57. The number of carbonyl (C=O) groups excluding carboxylic acids is 1. The molecule has 0 aliphatic heterocycles. The highest BCUT2D eigenvalue weighted by atomic mass is 16.6. The van der Waals surface area contributed by atoms with Crippen LogP contribution in [0.4, 0.5) is 0 Å². The first kappa shape index (κ1) is 21.4. The lowest BCUT2D eigenvalue weighted by molar-refractivity contribution is -0.160. The van der Waals surface area contributed by atoms with E-state index in [1.54, 1.807) is 0 Å². The Kier molecular flexibility index (Phi) is 11.1. The molecule has 0 aliphatic carbocycles. The summed E-state index contributed by atoms with van der Waals surface area (Å²) in [4.78, 5) is 12.4. The number of carbonyl (C=O) groups is 1. The van der Waals surface area contributed by atoms with E-state index in [0.29, 0.717) is 0 Å². The molecule has 0 N–H and O–H groups in total. The first-order valence-corrected chi connectivity index (χ1v) is 8.80. The fraction of sp³-hybridized carbons (Fsp3) is 0.571. The Morgan fingerprint density at radius 3 is 2.30 bits per heavy atom. The number of unbranched alkanes of at least 4 members (excludes halogenated alkanes) is 2. The fourth-order valence-electron chi connectivity index (χ4n) is 2.27. The summed E-state index contributed by atoms with van der Waals surface area (Å²) < 4.78 is 5.57. The van der Waals surface area contributed by atoms with Crippen LogP contribution in [0.2, 0.25) is 0 Å². The van der Waals surface area contributed by atoms with Crippen molar-refractivity contribution in [1.82, 2.24) is 0 Å². The van der Waals surface area contributed by atoms with Gasteiger partial charge in [0.2, 0.25) is 0 Å². The van der Waals surface area contributed by atoms with Crippen molar-refractivity contribution < 1.29 is 9.53 Å². The van der Waals surface area contributed by atoms with Crippen LogP contribution in [0.25, 0.3) is 0 Å². The van der Waals surface area contributed by atoms with Gasteiger partial charge in [0.15, 0.2) is 0 Å². The van der Waals surface area contributed by atoms with Gasteiger partial charge in [0.1, 0.15) is 5.60 Å². The van der Waals surface area contributed by atoms with Crippen molar-refractivity contribution in [2.75, 3.05) is 0 Å². The molecule has 0 saturated carbocycles. The lowest BCUT2D eigenvalue weighted by Crippen LogP contribution is -2.29. The van der Waals surface area contributed by atoms with E-state index >= 15 is 0 Å². The lowest BCUT2D eigenvalue weighted by Gasteiger charge is -2.24. The predicted octanol–water partition coefficient (Wildman–Crippen LogP) is 5.96. The van der Waals surface area contributed by atoms with Gasteiger partial charge in [-0.1, -0.05) is 56.7 Å². The van der Waals surface area contributed by atoms with E-state index in [-0.39, 0.29) is 11.9 Å². The quantitative estimate of drug-likeness (QED) is 0.336. The fourth-order valence-corrected chi connectivity index (χ4v) is 2.27. The number of benzene rings is 1. The van der Waals surface area contributed by atoms with E-state index < -0.39 is 5.60 Å². The molecule has 1 atom stereocenters. The van der Waals surface area contributed by atoms with Crippen molar-refractivity contribution in [2.45, 2.75) is 72.3 Å². The third kappa shape index (κ3) is 10.7. The molecule has 130 valence electrons. The molecule has 1 unspecified atom stereocenters. The Balaban J connectivity index is 0.00000232. The van der Waals surface area contributed by atoms with Gasteiger partial charge in [-0.3, -0.25) is 4.79 Å². The smallest absolute Gasteiger partial charge is 0.309 e. The first-order chi connectivity index (χ1) is 10.9.